The van der Waals surface area contributed by atoms with Crippen molar-refractivity contribution in [3.05, 3.63) is 125 Å². The Bertz CT molecular complexity index is 1550. The summed E-state index contributed by atoms with van der Waals surface area (Å²) in [5.74, 6) is 1.45. The van der Waals surface area contributed by atoms with Crippen molar-refractivity contribution >= 4 is 12.1 Å². The molecule has 0 unspecified atom stereocenters. The number of benzene rings is 4. The quantitative estimate of drug-likeness (QED) is 0.212. The first-order valence-electron chi connectivity index (χ1n) is 12.3. The van der Waals surface area contributed by atoms with Crippen LogP contribution >= 0.6 is 0 Å². The van der Waals surface area contributed by atoms with E-state index in [9.17, 15) is 4.79 Å². The largest absolute Gasteiger partial charge is 0.493 e. The molecule has 1 aromatic heterocycles. The molecule has 194 valence electrons. The number of nitrogens with one attached hydrogen (secondary N) is 1. The van der Waals surface area contributed by atoms with Gasteiger partial charge in [-0.05, 0) is 52.2 Å². The number of rotatable bonds is 10. The minimum atomic E-state index is -0.321. The Kier molecular flexibility index (Phi) is 7.98. The Morgan fingerprint density at radius 1 is 0.897 bits per heavy atom. The number of tetrazole rings is 1. The summed E-state index contributed by atoms with van der Waals surface area (Å²) in [5.41, 5.74) is 6.70. The van der Waals surface area contributed by atoms with E-state index in [-0.39, 0.29) is 5.91 Å². The summed E-state index contributed by atoms with van der Waals surface area (Å²) in [7, 11) is 1.58. The summed E-state index contributed by atoms with van der Waals surface area (Å²) >= 11 is 0. The first-order valence-corrected chi connectivity index (χ1v) is 12.3. The summed E-state index contributed by atoms with van der Waals surface area (Å²) in [5, 5.41) is 16.7. The topological polar surface area (TPSA) is 104 Å². The maximum absolute atomic E-state index is 12.6. The van der Waals surface area contributed by atoms with E-state index >= 15 is 0 Å². The lowest BCUT2D eigenvalue weighted by Crippen LogP contribution is -2.17. The van der Waals surface area contributed by atoms with Gasteiger partial charge in [-0.3, -0.25) is 4.79 Å². The Morgan fingerprint density at radius 3 is 2.38 bits per heavy atom. The minimum Gasteiger partial charge on any atom is -0.493 e. The highest BCUT2D eigenvalue weighted by atomic mass is 16.5. The van der Waals surface area contributed by atoms with E-state index < -0.39 is 0 Å². The van der Waals surface area contributed by atoms with Gasteiger partial charge in [-0.2, -0.15) is 9.90 Å². The molecule has 1 N–H and O–H groups in total. The molecule has 5 aromatic rings. The van der Waals surface area contributed by atoms with Gasteiger partial charge in [-0.25, -0.2) is 5.43 Å². The molecule has 0 spiro atoms. The zero-order chi connectivity index (χ0) is 26.9. The number of carbonyl (C=O) groups excluding carboxylic acids is 1. The van der Waals surface area contributed by atoms with Crippen molar-refractivity contribution in [2.24, 2.45) is 5.10 Å². The number of ether oxygens (including phenoxy) is 2. The van der Waals surface area contributed by atoms with Gasteiger partial charge in [-0.15, -0.1) is 10.2 Å². The number of hydrazone groups is 1. The normalized spacial score (nSPS) is 10.9. The highest BCUT2D eigenvalue weighted by Crippen LogP contribution is 2.28. The van der Waals surface area contributed by atoms with Crippen LogP contribution in [0.5, 0.6) is 11.5 Å². The van der Waals surface area contributed by atoms with Crippen LogP contribution in [0.4, 0.5) is 0 Å². The molecule has 9 nitrogen and oxygen atoms in total. The van der Waals surface area contributed by atoms with Crippen LogP contribution in [0.3, 0.4) is 0 Å². The monoisotopic (exact) mass is 518 g/mol. The predicted octanol–water partition coefficient (Wildman–Crippen LogP) is 4.74. The van der Waals surface area contributed by atoms with Crippen molar-refractivity contribution < 1.29 is 14.3 Å². The molecule has 1 amide bonds. The van der Waals surface area contributed by atoms with E-state index in [0.717, 1.165) is 22.3 Å². The first-order chi connectivity index (χ1) is 19.2. The smallest absolute Gasteiger partial charge is 0.271 e. The van der Waals surface area contributed by atoms with Crippen LogP contribution in [0, 0.1) is 0 Å². The van der Waals surface area contributed by atoms with Crippen molar-refractivity contribution in [1.82, 2.24) is 25.6 Å². The van der Waals surface area contributed by atoms with Crippen molar-refractivity contribution in [2.45, 2.75) is 13.2 Å². The number of nitrogens with zero attached hydrogens (tertiary/aromatic N) is 5. The molecule has 5 rings (SSSR count). The fourth-order valence-electron chi connectivity index (χ4n) is 3.79. The van der Waals surface area contributed by atoms with E-state index in [1.807, 2.05) is 84.9 Å². The third kappa shape index (κ3) is 6.72. The Hall–Kier alpha value is -5.31. The van der Waals surface area contributed by atoms with Gasteiger partial charge in [0.25, 0.3) is 5.91 Å². The summed E-state index contributed by atoms with van der Waals surface area (Å²) in [6, 6.07) is 32.2. The van der Waals surface area contributed by atoms with E-state index in [0.29, 0.717) is 36.0 Å². The standard InChI is InChI=1S/C30H26N6O3/c1-38-28-18-24(14-17-27(28)39-21-23-8-4-2-5-9-23)19-31-33-30(37)26-15-12-22(13-16-26)20-36-34-29(32-35-36)25-10-6-3-7-11-25/h2-19H,20-21H2,1H3,(H,33,37)/b31-19+. The second kappa shape index (κ2) is 12.3. The molecule has 0 aliphatic heterocycles. The number of aromatic nitrogens is 4. The van der Waals surface area contributed by atoms with Crippen LogP contribution in [-0.4, -0.2) is 39.4 Å². The van der Waals surface area contributed by atoms with E-state index in [4.69, 9.17) is 9.47 Å². The van der Waals surface area contributed by atoms with E-state index in [2.05, 4.69) is 25.9 Å². The third-order valence-corrected chi connectivity index (χ3v) is 5.83. The van der Waals surface area contributed by atoms with Crippen LogP contribution in [0.2, 0.25) is 0 Å². The number of carbonyl (C=O) groups is 1. The average molecular weight is 519 g/mol. The second-order valence-corrected chi connectivity index (χ2v) is 8.59. The predicted molar refractivity (Wildman–Crippen MR) is 148 cm³/mol. The van der Waals surface area contributed by atoms with Crippen molar-refractivity contribution in [1.29, 1.82) is 0 Å². The molecule has 39 heavy (non-hydrogen) atoms. The van der Waals surface area contributed by atoms with Crippen molar-refractivity contribution in [3.8, 4) is 22.9 Å². The zero-order valence-corrected chi connectivity index (χ0v) is 21.3. The van der Waals surface area contributed by atoms with Gasteiger partial charge in [0, 0.05) is 11.1 Å². The van der Waals surface area contributed by atoms with Crippen molar-refractivity contribution in [3.63, 3.8) is 0 Å². The molecule has 4 aromatic carbocycles. The van der Waals surface area contributed by atoms with Crippen LogP contribution in [0.1, 0.15) is 27.0 Å². The van der Waals surface area contributed by atoms with Gasteiger partial charge in [0.05, 0.1) is 19.9 Å². The Balaban J connectivity index is 1.15. The van der Waals surface area contributed by atoms with Crippen LogP contribution in [-0.2, 0) is 13.2 Å². The average Bonchev–Trinajstić information content (AvgIpc) is 3.46. The molecule has 0 fully saturated rings. The first kappa shape index (κ1) is 25.3. The molecule has 0 bridgehead atoms. The van der Waals surface area contributed by atoms with Gasteiger partial charge < -0.3 is 9.47 Å². The maximum Gasteiger partial charge on any atom is 0.271 e. The summed E-state index contributed by atoms with van der Waals surface area (Å²) in [6.45, 7) is 0.871. The Labute approximate surface area is 225 Å². The van der Waals surface area contributed by atoms with Crippen LogP contribution < -0.4 is 14.9 Å². The molecule has 0 saturated heterocycles. The van der Waals surface area contributed by atoms with Crippen LogP contribution in [0.25, 0.3) is 11.4 Å². The molecular weight excluding hydrogens is 492 g/mol. The van der Waals surface area contributed by atoms with Crippen molar-refractivity contribution in [2.75, 3.05) is 7.11 Å². The highest BCUT2D eigenvalue weighted by molar-refractivity contribution is 5.95. The second-order valence-electron chi connectivity index (χ2n) is 8.59. The number of hydrogen-bond acceptors (Lipinski definition) is 7. The van der Waals surface area contributed by atoms with Gasteiger partial charge in [0.15, 0.2) is 11.5 Å². The zero-order valence-electron chi connectivity index (χ0n) is 21.3. The van der Waals surface area contributed by atoms with Gasteiger partial charge in [0.1, 0.15) is 6.61 Å². The van der Waals surface area contributed by atoms with Gasteiger partial charge in [-0.1, -0.05) is 72.8 Å². The molecule has 9 heteroatoms. The molecule has 1 heterocycles. The summed E-state index contributed by atoms with van der Waals surface area (Å²) in [6.07, 6.45) is 1.55. The van der Waals surface area contributed by atoms with Crippen LogP contribution in [0.15, 0.2) is 108 Å². The van der Waals surface area contributed by atoms with E-state index in [1.54, 1.807) is 31.5 Å². The molecule has 0 aliphatic rings. The Morgan fingerprint density at radius 2 is 1.64 bits per heavy atom. The van der Waals surface area contributed by atoms with Gasteiger partial charge >= 0.3 is 0 Å². The SMILES string of the molecule is COc1cc(/C=N/NC(=O)c2ccc(Cn3nnc(-c4ccccc4)n3)cc2)ccc1OCc1ccccc1. The molecule has 0 radical (unpaired) electrons. The fraction of sp³-hybridized carbons (Fsp3) is 0.100. The molecular formula is C30H26N6O3. The molecule has 0 atom stereocenters. The lowest BCUT2D eigenvalue weighted by Gasteiger charge is -2.11. The van der Waals surface area contributed by atoms with E-state index in [1.165, 1.54) is 4.80 Å². The number of amides is 1. The number of methoxy groups -OCH3 is 1. The molecule has 0 aliphatic carbocycles. The minimum absolute atomic E-state index is 0.321. The lowest BCUT2D eigenvalue weighted by atomic mass is 10.1. The third-order valence-electron chi connectivity index (χ3n) is 5.83. The lowest BCUT2D eigenvalue weighted by molar-refractivity contribution is 0.0955. The fourth-order valence-corrected chi connectivity index (χ4v) is 3.79. The molecule has 0 saturated carbocycles. The maximum atomic E-state index is 12.6. The highest BCUT2D eigenvalue weighted by Gasteiger charge is 2.09. The summed E-state index contributed by atoms with van der Waals surface area (Å²) in [4.78, 5) is 14.1. The van der Waals surface area contributed by atoms with Gasteiger partial charge in [0.2, 0.25) is 5.82 Å². The number of hydrogen-bond donors (Lipinski definition) is 1. The summed E-state index contributed by atoms with van der Waals surface area (Å²) < 4.78 is 11.3.